The first-order valence-corrected chi connectivity index (χ1v) is 5.11. The molecule has 0 spiro atoms. The Morgan fingerprint density at radius 2 is 2.17 bits per heavy atom. The molecule has 0 saturated heterocycles. The Labute approximate surface area is 104 Å². The minimum Gasteiger partial charge on any atom is -0.493 e. The van der Waals surface area contributed by atoms with Gasteiger partial charge < -0.3 is 14.3 Å². The van der Waals surface area contributed by atoms with Gasteiger partial charge in [0.1, 0.15) is 13.2 Å². The summed E-state index contributed by atoms with van der Waals surface area (Å²) in [5, 5.41) is 17.7. The second-order valence-electron chi connectivity index (χ2n) is 3.23. The summed E-state index contributed by atoms with van der Waals surface area (Å²) in [5.41, 5.74) is 0.781. The number of rotatable bonds is 7. The molecular weight excluding hydrogens is 240 g/mol. The van der Waals surface area contributed by atoms with E-state index in [1.54, 1.807) is 18.2 Å². The summed E-state index contributed by atoms with van der Waals surface area (Å²) in [7, 11) is 1.49. The number of hydrogen-bond donors (Lipinski definition) is 0. The van der Waals surface area contributed by atoms with Gasteiger partial charge in [-0.25, -0.2) is 0 Å². The minimum absolute atomic E-state index is 0.0212. The maximum Gasteiger partial charge on any atom is 0.294 e. The van der Waals surface area contributed by atoms with Crippen molar-refractivity contribution in [2.45, 2.75) is 6.42 Å². The Morgan fingerprint density at radius 3 is 2.78 bits per heavy atom. The zero-order valence-electron chi connectivity index (χ0n) is 9.79. The Balaban J connectivity index is 2.63. The maximum atomic E-state index is 9.94. The van der Waals surface area contributed by atoms with E-state index in [1.165, 1.54) is 7.11 Å². The summed E-state index contributed by atoms with van der Waals surface area (Å²) in [5.74, 6) is 0.926. The average Bonchev–Trinajstić information content (AvgIpc) is 2.35. The molecule has 0 N–H and O–H groups in total. The molecule has 0 aromatic heterocycles. The minimum atomic E-state index is -0.882. The predicted octanol–water partition coefficient (Wildman–Crippen LogP) is 1.35. The van der Waals surface area contributed by atoms with Crippen LogP contribution in [0.15, 0.2) is 18.2 Å². The average molecular weight is 252 g/mol. The smallest absolute Gasteiger partial charge is 0.294 e. The van der Waals surface area contributed by atoms with E-state index in [0.29, 0.717) is 11.5 Å². The lowest BCUT2D eigenvalue weighted by Gasteiger charge is -2.11. The van der Waals surface area contributed by atoms with Gasteiger partial charge >= 0.3 is 0 Å². The van der Waals surface area contributed by atoms with Crippen LogP contribution in [0.1, 0.15) is 5.56 Å². The van der Waals surface area contributed by atoms with E-state index in [2.05, 4.69) is 4.84 Å². The van der Waals surface area contributed by atoms with Crippen molar-refractivity contribution < 1.29 is 19.4 Å². The molecule has 0 aliphatic carbocycles. The summed E-state index contributed by atoms with van der Waals surface area (Å²) in [6.45, 7) is -0.147. The van der Waals surface area contributed by atoms with Crippen molar-refractivity contribution in [2.75, 3.05) is 20.3 Å². The molecule has 1 aromatic carbocycles. The first-order valence-electron chi connectivity index (χ1n) is 5.11. The van der Waals surface area contributed by atoms with Gasteiger partial charge in [-0.15, -0.1) is 10.1 Å². The standard InChI is InChI=1S/C11H12N2O5/c1-16-10-3-2-9(4-5-12)8-11(10)17-6-7-18-13(14)15/h2-3,8H,4,6-7H2,1H3. The van der Waals surface area contributed by atoms with Gasteiger partial charge in [0.25, 0.3) is 5.09 Å². The third-order valence-electron chi connectivity index (χ3n) is 2.05. The Hall–Kier alpha value is -2.49. The van der Waals surface area contributed by atoms with Crippen molar-refractivity contribution in [2.24, 2.45) is 0 Å². The molecule has 0 aliphatic rings. The topological polar surface area (TPSA) is 94.6 Å². The van der Waals surface area contributed by atoms with Crippen LogP contribution in [0.5, 0.6) is 11.5 Å². The van der Waals surface area contributed by atoms with E-state index < -0.39 is 5.09 Å². The summed E-state index contributed by atoms with van der Waals surface area (Å²) >= 11 is 0. The third kappa shape index (κ3) is 4.17. The number of methoxy groups -OCH3 is 1. The molecule has 1 aromatic rings. The highest BCUT2D eigenvalue weighted by molar-refractivity contribution is 5.43. The number of nitrogens with zero attached hydrogens (tertiary/aromatic N) is 2. The fourth-order valence-corrected chi connectivity index (χ4v) is 1.30. The monoisotopic (exact) mass is 252 g/mol. The SMILES string of the molecule is COc1ccc(CC#N)cc1OCCO[N+](=O)[O-]. The highest BCUT2D eigenvalue weighted by Gasteiger charge is 2.06. The van der Waals surface area contributed by atoms with Gasteiger partial charge in [0.05, 0.1) is 19.6 Å². The number of hydrogen-bond acceptors (Lipinski definition) is 6. The molecule has 0 fully saturated rings. The van der Waals surface area contributed by atoms with E-state index in [9.17, 15) is 10.1 Å². The van der Waals surface area contributed by atoms with Crippen LogP contribution in [-0.4, -0.2) is 25.4 Å². The van der Waals surface area contributed by atoms with Gasteiger partial charge in [-0.1, -0.05) is 6.07 Å². The maximum absolute atomic E-state index is 9.94. The van der Waals surface area contributed by atoms with Crippen molar-refractivity contribution in [3.63, 3.8) is 0 Å². The van der Waals surface area contributed by atoms with Crippen molar-refractivity contribution in [3.05, 3.63) is 33.9 Å². The van der Waals surface area contributed by atoms with E-state index in [-0.39, 0.29) is 19.6 Å². The van der Waals surface area contributed by atoms with Gasteiger partial charge in [-0.2, -0.15) is 5.26 Å². The number of ether oxygens (including phenoxy) is 2. The van der Waals surface area contributed by atoms with Crippen molar-refractivity contribution in [1.82, 2.24) is 0 Å². The van der Waals surface area contributed by atoms with E-state index >= 15 is 0 Å². The van der Waals surface area contributed by atoms with Gasteiger partial charge in [0.15, 0.2) is 11.5 Å². The molecule has 0 saturated carbocycles. The summed E-state index contributed by atoms with van der Waals surface area (Å²) in [6.07, 6.45) is 0.256. The molecule has 0 radical (unpaired) electrons. The Kier molecular flexibility index (Phi) is 5.25. The van der Waals surface area contributed by atoms with Gasteiger partial charge in [-0.3, -0.25) is 0 Å². The molecule has 0 atom stereocenters. The van der Waals surface area contributed by atoms with Crippen LogP contribution in [0.2, 0.25) is 0 Å². The first kappa shape index (κ1) is 13.6. The van der Waals surface area contributed by atoms with Crippen molar-refractivity contribution >= 4 is 0 Å². The van der Waals surface area contributed by atoms with Crippen molar-refractivity contribution in [3.8, 4) is 17.6 Å². The second-order valence-corrected chi connectivity index (χ2v) is 3.23. The first-order chi connectivity index (χ1) is 8.67. The quantitative estimate of drug-likeness (QED) is 0.413. The molecule has 0 heterocycles. The van der Waals surface area contributed by atoms with Crippen LogP contribution in [0.3, 0.4) is 0 Å². The molecule has 0 unspecified atom stereocenters. The van der Waals surface area contributed by atoms with Gasteiger partial charge in [0.2, 0.25) is 0 Å². The Bertz CT molecular complexity index is 455. The lowest BCUT2D eigenvalue weighted by molar-refractivity contribution is -0.757. The van der Waals surface area contributed by atoms with Crippen molar-refractivity contribution in [1.29, 1.82) is 5.26 Å². The fraction of sp³-hybridized carbons (Fsp3) is 0.364. The molecule has 7 heteroatoms. The Morgan fingerprint density at radius 1 is 1.39 bits per heavy atom. The molecule has 0 aliphatic heterocycles. The molecular formula is C11H12N2O5. The molecule has 7 nitrogen and oxygen atoms in total. The lowest BCUT2D eigenvalue weighted by Crippen LogP contribution is -2.11. The lowest BCUT2D eigenvalue weighted by atomic mass is 10.1. The molecule has 18 heavy (non-hydrogen) atoms. The molecule has 0 amide bonds. The third-order valence-corrected chi connectivity index (χ3v) is 2.05. The van der Waals surface area contributed by atoms with Crippen LogP contribution in [0.25, 0.3) is 0 Å². The number of benzene rings is 1. The predicted molar refractivity (Wildman–Crippen MR) is 60.8 cm³/mol. The molecule has 0 bridgehead atoms. The molecule has 96 valence electrons. The van der Waals surface area contributed by atoms with E-state index in [1.807, 2.05) is 6.07 Å². The summed E-state index contributed by atoms with van der Waals surface area (Å²) in [6, 6.07) is 7.11. The van der Waals surface area contributed by atoms with Crippen LogP contribution >= 0.6 is 0 Å². The fourth-order valence-electron chi connectivity index (χ4n) is 1.30. The van der Waals surface area contributed by atoms with Crippen LogP contribution < -0.4 is 9.47 Å². The van der Waals surface area contributed by atoms with Crippen LogP contribution in [0, 0.1) is 21.4 Å². The van der Waals surface area contributed by atoms with E-state index in [0.717, 1.165) is 5.56 Å². The highest BCUT2D eigenvalue weighted by Crippen LogP contribution is 2.28. The summed E-state index contributed by atoms with van der Waals surface area (Å²) < 4.78 is 10.4. The van der Waals surface area contributed by atoms with Gasteiger partial charge in [0, 0.05) is 0 Å². The van der Waals surface area contributed by atoms with Gasteiger partial charge in [-0.05, 0) is 17.7 Å². The van der Waals surface area contributed by atoms with E-state index in [4.69, 9.17) is 14.7 Å². The summed E-state index contributed by atoms with van der Waals surface area (Å²) in [4.78, 5) is 14.1. The number of nitriles is 1. The molecule has 1 rings (SSSR count). The van der Waals surface area contributed by atoms with Crippen LogP contribution in [0.4, 0.5) is 0 Å². The normalized spacial score (nSPS) is 9.33. The zero-order valence-corrected chi connectivity index (χ0v) is 9.79. The largest absolute Gasteiger partial charge is 0.493 e. The zero-order chi connectivity index (χ0) is 13.4. The second kappa shape index (κ2) is 6.96. The van der Waals surface area contributed by atoms with Crippen LogP contribution in [-0.2, 0) is 11.3 Å². The highest BCUT2D eigenvalue weighted by atomic mass is 17.0.